The molecule has 1 saturated heterocycles. The molecule has 2 heterocycles. The van der Waals surface area contributed by atoms with Gasteiger partial charge in [0.15, 0.2) is 0 Å². The molecule has 33 heavy (non-hydrogen) atoms. The van der Waals surface area contributed by atoms with Crippen molar-refractivity contribution in [1.29, 1.82) is 0 Å². The Hall–Kier alpha value is -3.61. The van der Waals surface area contributed by atoms with E-state index in [2.05, 4.69) is 10.2 Å². The van der Waals surface area contributed by atoms with E-state index in [0.717, 1.165) is 35.4 Å². The number of rotatable bonds is 6. The molecule has 2 aromatic carbocycles. The molecule has 0 spiro atoms. The van der Waals surface area contributed by atoms with Gasteiger partial charge in [-0.15, -0.1) is 5.10 Å². The van der Waals surface area contributed by atoms with Crippen LogP contribution in [0.2, 0.25) is 0 Å². The summed E-state index contributed by atoms with van der Waals surface area (Å²) in [7, 11) is 1.63. The van der Waals surface area contributed by atoms with E-state index in [1.807, 2.05) is 67.3 Å². The molecule has 7 heteroatoms. The summed E-state index contributed by atoms with van der Waals surface area (Å²) in [5.41, 5.74) is 9.14. The van der Waals surface area contributed by atoms with Crippen molar-refractivity contribution in [2.24, 2.45) is 0 Å². The molecule has 0 unspecified atom stereocenters. The molecule has 7 nitrogen and oxygen atoms in total. The Morgan fingerprint density at radius 1 is 1.03 bits per heavy atom. The molecule has 0 atom stereocenters. The van der Waals surface area contributed by atoms with E-state index in [0.29, 0.717) is 36.1 Å². The average molecular weight is 447 g/mol. The summed E-state index contributed by atoms with van der Waals surface area (Å²) in [6.07, 6.45) is 1.83. The fourth-order valence-electron chi connectivity index (χ4n) is 4.18. The summed E-state index contributed by atoms with van der Waals surface area (Å²) in [6, 6.07) is 17.2. The molecule has 0 bridgehead atoms. The summed E-state index contributed by atoms with van der Waals surface area (Å²) < 4.78 is 11.4. The number of piperidine rings is 1. The van der Waals surface area contributed by atoms with Gasteiger partial charge in [0.2, 0.25) is 0 Å². The molecule has 172 valence electrons. The van der Waals surface area contributed by atoms with Crippen LogP contribution in [0.25, 0.3) is 11.1 Å². The highest BCUT2D eigenvalue weighted by molar-refractivity contribution is 5.95. The number of aromatic nitrogens is 2. The van der Waals surface area contributed by atoms with Gasteiger partial charge < -0.3 is 20.1 Å². The Bertz CT molecular complexity index is 1090. The monoisotopic (exact) mass is 446 g/mol. The van der Waals surface area contributed by atoms with Gasteiger partial charge in [0.05, 0.1) is 18.9 Å². The highest BCUT2D eigenvalue weighted by atomic mass is 16.5. The second kappa shape index (κ2) is 9.90. The Morgan fingerprint density at radius 2 is 1.76 bits per heavy atom. The van der Waals surface area contributed by atoms with Crippen LogP contribution < -0.4 is 15.2 Å². The number of hydrogen-bond acceptors (Lipinski definition) is 6. The Labute approximate surface area is 194 Å². The van der Waals surface area contributed by atoms with Crippen molar-refractivity contribution in [2.45, 2.75) is 38.7 Å². The summed E-state index contributed by atoms with van der Waals surface area (Å²) in [6.45, 7) is 5.36. The number of ether oxygens (including phenoxy) is 2. The molecule has 0 aliphatic carbocycles. The molecule has 1 amide bonds. The van der Waals surface area contributed by atoms with Crippen LogP contribution >= 0.6 is 0 Å². The van der Waals surface area contributed by atoms with Crippen LogP contribution in [0, 0.1) is 0 Å². The molecule has 1 aromatic heterocycles. The number of anilines is 1. The first kappa shape index (κ1) is 22.6. The summed E-state index contributed by atoms with van der Waals surface area (Å²) in [4.78, 5) is 15.1. The fourth-order valence-corrected chi connectivity index (χ4v) is 4.18. The fraction of sp³-hybridized carbons (Fsp3) is 0.346. The second-order valence-electron chi connectivity index (χ2n) is 8.56. The number of benzene rings is 2. The highest BCUT2D eigenvalue weighted by Gasteiger charge is 2.26. The van der Waals surface area contributed by atoms with Crippen molar-refractivity contribution in [2.75, 3.05) is 25.9 Å². The van der Waals surface area contributed by atoms with Gasteiger partial charge in [0.1, 0.15) is 17.3 Å². The molecule has 3 aromatic rings. The normalized spacial score (nSPS) is 14.4. The number of amides is 1. The number of carbonyl (C=O) groups excluding carboxylic acids is 1. The summed E-state index contributed by atoms with van der Waals surface area (Å²) >= 11 is 0. The number of nitrogen functional groups attached to an aromatic ring is 1. The maximum atomic E-state index is 13.2. The van der Waals surface area contributed by atoms with Gasteiger partial charge in [-0.05, 0) is 74.7 Å². The van der Waals surface area contributed by atoms with Gasteiger partial charge >= 0.3 is 0 Å². The molecular formula is C26H30N4O3. The first-order valence-corrected chi connectivity index (χ1v) is 11.3. The summed E-state index contributed by atoms with van der Waals surface area (Å²) in [5, 5.41) is 8.16. The van der Waals surface area contributed by atoms with Gasteiger partial charge in [-0.2, -0.15) is 5.10 Å². The first-order valence-electron chi connectivity index (χ1n) is 11.3. The molecule has 4 rings (SSSR count). The smallest absolute Gasteiger partial charge is 0.253 e. The number of nitrogens with two attached hydrogens (primary N) is 1. The van der Waals surface area contributed by atoms with Gasteiger partial charge in [0.25, 0.3) is 5.91 Å². The molecule has 1 fully saturated rings. The largest absolute Gasteiger partial charge is 0.496 e. The Balaban J connectivity index is 1.45. The number of carbonyl (C=O) groups is 1. The SMILES string of the molecule is COc1cc(C(=O)N2CCC(c3ccc(N)nn3)CC2)ccc1-c1ccc(OC(C)C)cc1. The van der Waals surface area contributed by atoms with E-state index >= 15 is 0 Å². The van der Waals surface area contributed by atoms with Crippen molar-refractivity contribution in [3.63, 3.8) is 0 Å². The molecule has 0 saturated carbocycles. The molecular weight excluding hydrogens is 416 g/mol. The molecule has 1 aliphatic rings. The second-order valence-corrected chi connectivity index (χ2v) is 8.56. The lowest BCUT2D eigenvalue weighted by molar-refractivity contribution is 0.0711. The van der Waals surface area contributed by atoms with Crippen LogP contribution in [0.5, 0.6) is 11.5 Å². The number of hydrogen-bond donors (Lipinski definition) is 1. The third-order valence-corrected chi connectivity index (χ3v) is 5.89. The summed E-state index contributed by atoms with van der Waals surface area (Å²) in [5.74, 6) is 2.23. The minimum Gasteiger partial charge on any atom is -0.496 e. The van der Waals surface area contributed by atoms with E-state index in [-0.39, 0.29) is 12.0 Å². The first-order chi connectivity index (χ1) is 15.9. The lowest BCUT2D eigenvalue weighted by atomic mass is 9.93. The minimum atomic E-state index is 0.0161. The van der Waals surface area contributed by atoms with Crippen LogP contribution in [-0.4, -0.2) is 47.3 Å². The van der Waals surface area contributed by atoms with Crippen LogP contribution in [0.4, 0.5) is 5.82 Å². The van der Waals surface area contributed by atoms with Crippen molar-refractivity contribution in [1.82, 2.24) is 15.1 Å². The molecule has 0 radical (unpaired) electrons. The predicted octanol–water partition coefficient (Wildman–Crippen LogP) is 4.54. The van der Waals surface area contributed by atoms with Gasteiger partial charge in [-0.25, -0.2) is 0 Å². The van der Waals surface area contributed by atoms with Crippen LogP contribution in [0.1, 0.15) is 48.7 Å². The van der Waals surface area contributed by atoms with Crippen molar-refractivity contribution >= 4 is 11.7 Å². The maximum Gasteiger partial charge on any atom is 0.253 e. The van der Waals surface area contributed by atoms with Gasteiger partial charge in [-0.3, -0.25) is 4.79 Å². The number of nitrogens with zero attached hydrogens (tertiary/aromatic N) is 3. The lowest BCUT2D eigenvalue weighted by Crippen LogP contribution is -2.38. The molecule has 2 N–H and O–H groups in total. The van der Waals surface area contributed by atoms with E-state index in [4.69, 9.17) is 15.2 Å². The van der Waals surface area contributed by atoms with Crippen molar-refractivity contribution in [3.8, 4) is 22.6 Å². The van der Waals surface area contributed by atoms with Crippen LogP contribution in [0.3, 0.4) is 0 Å². The highest BCUT2D eigenvalue weighted by Crippen LogP contribution is 2.33. The van der Waals surface area contributed by atoms with Crippen molar-refractivity contribution < 1.29 is 14.3 Å². The zero-order valence-electron chi connectivity index (χ0n) is 19.3. The van der Waals surface area contributed by atoms with Crippen molar-refractivity contribution in [3.05, 3.63) is 65.9 Å². The number of methoxy groups -OCH3 is 1. The number of likely N-dealkylation sites (tertiary alicyclic amines) is 1. The van der Waals surface area contributed by atoms with Crippen LogP contribution in [-0.2, 0) is 0 Å². The zero-order chi connectivity index (χ0) is 23.4. The van der Waals surface area contributed by atoms with Crippen LogP contribution in [0.15, 0.2) is 54.6 Å². The third kappa shape index (κ3) is 5.25. The Kier molecular flexibility index (Phi) is 6.77. The van der Waals surface area contributed by atoms with Gasteiger partial charge in [-0.1, -0.05) is 12.1 Å². The van der Waals surface area contributed by atoms with E-state index < -0.39 is 0 Å². The zero-order valence-corrected chi connectivity index (χ0v) is 19.3. The standard InChI is InChI=1S/C26H30N4O3/c1-17(2)33-21-7-4-18(5-8-21)22-9-6-20(16-24(22)32-3)26(31)30-14-12-19(13-15-30)23-10-11-25(27)29-28-23/h4-11,16-17,19H,12-15H2,1-3H3,(H2,27,29). The quantitative estimate of drug-likeness (QED) is 0.598. The minimum absolute atomic E-state index is 0.0161. The Morgan fingerprint density at radius 3 is 2.36 bits per heavy atom. The topological polar surface area (TPSA) is 90.6 Å². The molecule has 1 aliphatic heterocycles. The predicted molar refractivity (Wildman–Crippen MR) is 129 cm³/mol. The third-order valence-electron chi connectivity index (χ3n) is 5.89. The maximum absolute atomic E-state index is 13.2. The van der Waals surface area contributed by atoms with E-state index in [1.165, 1.54) is 0 Å². The van der Waals surface area contributed by atoms with E-state index in [9.17, 15) is 4.79 Å². The van der Waals surface area contributed by atoms with Gasteiger partial charge in [0, 0.05) is 30.1 Å². The van der Waals surface area contributed by atoms with E-state index in [1.54, 1.807) is 13.2 Å². The lowest BCUT2D eigenvalue weighted by Gasteiger charge is -2.31. The average Bonchev–Trinajstić information content (AvgIpc) is 2.84.